The average molecular weight is 647 g/mol. The van der Waals surface area contributed by atoms with Gasteiger partial charge in [0.2, 0.25) is 10.2 Å². The molecular weight excluding hydrogens is 611 g/mol. The maximum atomic E-state index is 9.79. The Balaban J connectivity index is 0.000000280. The fourth-order valence-corrected chi connectivity index (χ4v) is 4.01. The van der Waals surface area contributed by atoms with E-state index in [-0.39, 0.29) is 26.7 Å². The third kappa shape index (κ3) is 15.5. The molecule has 12 nitrogen and oxygen atoms in total. The van der Waals surface area contributed by atoms with E-state index in [9.17, 15) is 10.2 Å². The molecule has 2 saturated heterocycles. The van der Waals surface area contributed by atoms with Gasteiger partial charge in [-0.1, -0.05) is 36.4 Å². The van der Waals surface area contributed by atoms with Crippen LogP contribution in [0.3, 0.4) is 0 Å². The number of ether oxygens (including phenoxy) is 2. The van der Waals surface area contributed by atoms with Crippen molar-refractivity contribution >= 4 is 46.0 Å². The third-order valence-corrected chi connectivity index (χ3v) is 6.03. The van der Waals surface area contributed by atoms with Gasteiger partial charge in [-0.15, -0.1) is 10.2 Å². The number of β-amino-alcohol motifs (C(OH)–C–C–N with tert-alkyl or cyclic N) is 2. The predicted molar refractivity (Wildman–Crippen MR) is 162 cm³/mol. The molecule has 41 heavy (non-hydrogen) atoms. The summed E-state index contributed by atoms with van der Waals surface area (Å²) >= 11 is 10.1. The number of para-hydroxylation sites is 2. The predicted octanol–water partition coefficient (Wildman–Crippen LogP) is 2.97. The number of morpholine rings is 2. The molecule has 2 atom stereocenters. The molecule has 226 valence electrons. The molecule has 2 unspecified atom stereocenters. The van der Waals surface area contributed by atoms with Crippen molar-refractivity contribution in [1.82, 2.24) is 9.80 Å². The molecule has 0 aromatic heterocycles. The summed E-state index contributed by atoms with van der Waals surface area (Å²) < 4.78 is 10.5. The fourth-order valence-electron chi connectivity index (χ4n) is 3.68. The van der Waals surface area contributed by atoms with Gasteiger partial charge in [0.15, 0.2) is 12.5 Å². The average Bonchev–Trinajstić information content (AvgIpc) is 2.98. The minimum atomic E-state index is -0.872. The molecule has 2 aromatic carbocycles. The molecule has 2 aliphatic heterocycles. The van der Waals surface area contributed by atoms with Crippen LogP contribution in [0.1, 0.15) is 0 Å². The molecule has 0 spiro atoms. The monoisotopic (exact) mass is 646 g/mol. The van der Waals surface area contributed by atoms with Crippen LogP contribution >= 0.6 is 24.4 Å². The first-order chi connectivity index (χ1) is 19.5. The van der Waals surface area contributed by atoms with Crippen LogP contribution < -0.4 is 10.6 Å². The molecule has 4 N–H and O–H groups in total. The van der Waals surface area contributed by atoms with E-state index in [0.717, 1.165) is 37.6 Å². The van der Waals surface area contributed by atoms with Crippen molar-refractivity contribution in [1.29, 1.82) is 0 Å². The molecule has 2 aliphatic rings. The molecule has 2 aromatic rings. The maximum absolute atomic E-state index is 9.79. The van der Waals surface area contributed by atoms with Gasteiger partial charge in [-0.25, -0.2) is 0 Å². The number of aliphatic hydroxyl groups excluding tert-OH is 2. The zero-order valence-electron chi connectivity index (χ0n) is 22.5. The molecule has 4 rings (SSSR count). The Bertz CT molecular complexity index is 990. The Morgan fingerprint density at radius 2 is 1.02 bits per heavy atom. The van der Waals surface area contributed by atoms with Gasteiger partial charge in [-0.3, -0.25) is 9.80 Å². The Hall–Kier alpha value is -2.33. The van der Waals surface area contributed by atoms with Crippen LogP contribution in [0.25, 0.3) is 0 Å². The number of nitrogens with one attached hydrogen (secondary N) is 2. The van der Waals surface area contributed by atoms with Gasteiger partial charge in [0.25, 0.3) is 0 Å². The van der Waals surface area contributed by atoms with Crippen molar-refractivity contribution in [2.45, 2.75) is 12.5 Å². The first-order valence-electron chi connectivity index (χ1n) is 13.0. The van der Waals surface area contributed by atoms with Gasteiger partial charge in [0.1, 0.15) is 0 Å². The SMILES string of the molecule is OC(CN1CCOCC1)/N=N\C(=S)Nc1ccccc1.OC(CN1CCOCC1)/N=N\C(=S)Nc1ccccc1.[Ni]. The van der Waals surface area contributed by atoms with E-state index in [4.69, 9.17) is 33.9 Å². The number of azo groups is 2. The third-order valence-electron chi connectivity index (χ3n) is 5.66. The van der Waals surface area contributed by atoms with Crippen LogP contribution in [0.2, 0.25) is 0 Å². The van der Waals surface area contributed by atoms with E-state index in [1.165, 1.54) is 0 Å². The molecule has 0 aliphatic carbocycles. The second-order valence-corrected chi connectivity index (χ2v) is 9.58. The van der Waals surface area contributed by atoms with Gasteiger partial charge in [-0.05, 0) is 48.7 Å². The topological polar surface area (TPSA) is 139 Å². The van der Waals surface area contributed by atoms with Crippen LogP contribution in [-0.2, 0) is 26.0 Å². The van der Waals surface area contributed by atoms with E-state index in [0.29, 0.717) is 39.5 Å². The van der Waals surface area contributed by atoms with Crippen LogP contribution in [0.4, 0.5) is 11.4 Å². The molecule has 0 bridgehead atoms. The summed E-state index contributed by atoms with van der Waals surface area (Å²) in [4.78, 5) is 4.17. The van der Waals surface area contributed by atoms with Crippen molar-refractivity contribution in [3.8, 4) is 0 Å². The van der Waals surface area contributed by atoms with Gasteiger partial charge in [0.05, 0.1) is 26.4 Å². The van der Waals surface area contributed by atoms with E-state index in [2.05, 4.69) is 40.9 Å². The quantitative estimate of drug-likeness (QED) is 0.192. The number of hydrogen-bond donors (Lipinski definition) is 4. The minimum Gasteiger partial charge on any atom is -0.379 e. The molecule has 2 heterocycles. The number of aliphatic hydroxyl groups is 2. The van der Waals surface area contributed by atoms with Crippen LogP contribution in [0.5, 0.6) is 0 Å². The van der Waals surface area contributed by atoms with Gasteiger partial charge in [-0.2, -0.15) is 10.2 Å². The van der Waals surface area contributed by atoms with Crippen molar-refractivity contribution in [3.05, 3.63) is 60.7 Å². The summed E-state index contributed by atoms with van der Waals surface area (Å²) in [5.41, 5.74) is 1.69. The van der Waals surface area contributed by atoms with Crippen molar-refractivity contribution in [3.63, 3.8) is 0 Å². The molecule has 2 fully saturated rings. The van der Waals surface area contributed by atoms with Crippen LogP contribution in [0.15, 0.2) is 81.1 Å². The Kier molecular flexibility index (Phi) is 17.5. The summed E-state index contributed by atoms with van der Waals surface area (Å²) in [6.45, 7) is 6.88. The van der Waals surface area contributed by atoms with E-state index < -0.39 is 12.5 Å². The number of thiocarbonyl (C=S) groups is 2. The van der Waals surface area contributed by atoms with Gasteiger partial charge < -0.3 is 30.3 Å². The smallest absolute Gasteiger partial charge is 0.217 e. The minimum absolute atomic E-state index is 0. The van der Waals surface area contributed by atoms with E-state index in [1.54, 1.807) is 0 Å². The summed E-state index contributed by atoms with van der Waals surface area (Å²) in [7, 11) is 0. The molecule has 0 saturated carbocycles. The normalized spacial score (nSPS) is 17.6. The Morgan fingerprint density at radius 1 is 0.683 bits per heavy atom. The van der Waals surface area contributed by atoms with Crippen LogP contribution in [0, 0.1) is 0 Å². The largest absolute Gasteiger partial charge is 0.379 e. The fraction of sp³-hybridized carbons (Fsp3) is 0.462. The summed E-state index contributed by atoms with van der Waals surface area (Å²) in [6, 6.07) is 19.0. The molecule has 15 heteroatoms. The second kappa shape index (κ2) is 20.5. The number of hydrogen-bond acceptors (Lipinski definition) is 10. The van der Waals surface area contributed by atoms with E-state index in [1.807, 2.05) is 60.7 Å². The van der Waals surface area contributed by atoms with Crippen LogP contribution in [-0.4, -0.2) is 108 Å². The number of benzene rings is 2. The van der Waals surface area contributed by atoms with Crippen molar-refractivity contribution < 1.29 is 36.2 Å². The zero-order valence-corrected chi connectivity index (χ0v) is 25.1. The number of nitrogens with zero attached hydrogens (tertiary/aromatic N) is 6. The standard InChI is InChI=1S/2C13H18N4O2S.Ni/c2*18-12(10-17-6-8-19-9-7-17)15-16-13(20)14-11-4-2-1-3-5-11;/h2*1-5,12,18H,6-10H2,(H,14,20);/b2*16-15-;. The first-order valence-corrected chi connectivity index (χ1v) is 13.8. The summed E-state index contributed by atoms with van der Waals surface area (Å²) in [5, 5.41) is 41.2. The molecular formula is C26H36N8NiO4S2. The maximum Gasteiger partial charge on any atom is 0.217 e. The summed E-state index contributed by atoms with van der Waals surface area (Å²) in [5.74, 6) is 0. The van der Waals surface area contributed by atoms with Gasteiger partial charge in [0, 0.05) is 67.1 Å². The van der Waals surface area contributed by atoms with Crippen molar-refractivity contribution in [2.24, 2.45) is 20.5 Å². The summed E-state index contributed by atoms with van der Waals surface area (Å²) in [6.07, 6.45) is -1.74. The number of anilines is 2. The second-order valence-electron chi connectivity index (χ2n) is 8.81. The molecule has 0 amide bonds. The van der Waals surface area contributed by atoms with Crippen molar-refractivity contribution in [2.75, 3.05) is 76.3 Å². The Morgan fingerprint density at radius 3 is 1.37 bits per heavy atom. The van der Waals surface area contributed by atoms with E-state index >= 15 is 0 Å². The Labute approximate surface area is 261 Å². The first kappa shape index (κ1) is 34.9. The zero-order chi connectivity index (χ0) is 28.4. The number of rotatable bonds is 8. The van der Waals surface area contributed by atoms with Gasteiger partial charge >= 0.3 is 0 Å². The molecule has 0 radical (unpaired) electrons.